The molecule has 3 amide bonds. The highest BCUT2D eigenvalue weighted by Crippen LogP contribution is 2.18. The monoisotopic (exact) mass is 441 g/mol. The Hall–Kier alpha value is -3.55. The third-order valence-corrected chi connectivity index (χ3v) is 4.18. The topological polar surface area (TPSA) is 106 Å². The van der Waals surface area contributed by atoms with Crippen molar-refractivity contribution in [2.45, 2.75) is 46.8 Å². The summed E-state index contributed by atoms with van der Waals surface area (Å²) in [6.45, 7) is 9.14. The molecule has 0 saturated heterocycles. The lowest BCUT2D eigenvalue weighted by molar-refractivity contribution is -0.123. The van der Waals surface area contributed by atoms with Gasteiger partial charge in [0.15, 0.2) is 6.61 Å². The molecule has 0 spiro atoms. The van der Waals surface area contributed by atoms with E-state index in [9.17, 15) is 14.4 Å². The molecule has 172 valence electrons. The molecule has 2 aromatic rings. The van der Waals surface area contributed by atoms with E-state index in [2.05, 4.69) is 16.0 Å². The van der Waals surface area contributed by atoms with Gasteiger partial charge >= 0.3 is 6.09 Å². The number of hydrogen-bond acceptors (Lipinski definition) is 5. The fourth-order valence-corrected chi connectivity index (χ4v) is 2.79. The number of aryl methyl sites for hydroxylation is 2. The number of anilines is 1. The molecule has 0 atom stereocenters. The standard InChI is InChI=1S/C24H31N3O5/c1-16-9-10-20(17(2)11-16)31-15-22(29)25-13-18-7-6-8-19(12-18)27-21(28)14-26-23(30)32-24(3,4)5/h6-12H,13-15H2,1-5H3,(H,25,29)(H,26,30)(H,27,28). The number of benzene rings is 2. The van der Waals surface area contributed by atoms with E-state index in [1.54, 1.807) is 39.0 Å². The predicted octanol–water partition coefficient (Wildman–Crippen LogP) is 3.46. The molecule has 3 N–H and O–H groups in total. The van der Waals surface area contributed by atoms with Gasteiger partial charge in [-0.1, -0.05) is 29.8 Å². The summed E-state index contributed by atoms with van der Waals surface area (Å²) in [7, 11) is 0. The van der Waals surface area contributed by atoms with Gasteiger partial charge in [0.05, 0.1) is 0 Å². The summed E-state index contributed by atoms with van der Waals surface area (Å²) < 4.78 is 10.7. The lowest BCUT2D eigenvalue weighted by Crippen LogP contribution is -2.37. The lowest BCUT2D eigenvalue weighted by atomic mass is 10.1. The molecule has 2 rings (SSSR count). The summed E-state index contributed by atoms with van der Waals surface area (Å²) in [4.78, 5) is 35.8. The molecule has 32 heavy (non-hydrogen) atoms. The summed E-state index contributed by atoms with van der Waals surface area (Å²) >= 11 is 0. The fraction of sp³-hybridized carbons (Fsp3) is 0.375. The van der Waals surface area contributed by atoms with Crippen molar-refractivity contribution in [2.75, 3.05) is 18.5 Å². The summed E-state index contributed by atoms with van der Waals surface area (Å²) in [5.74, 6) is 0.0373. The molecule has 0 aliphatic heterocycles. The van der Waals surface area contributed by atoms with Crippen LogP contribution in [0.15, 0.2) is 42.5 Å². The van der Waals surface area contributed by atoms with E-state index >= 15 is 0 Å². The SMILES string of the molecule is Cc1ccc(OCC(=O)NCc2cccc(NC(=O)CNC(=O)OC(C)(C)C)c2)c(C)c1. The minimum Gasteiger partial charge on any atom is -0.484 e. The maximum atomic E-state index is 12.1. The second-order valence-electron chi connectivity index (χ2n) is 8.44. The van der Waals surface area contributed by atoms with Gasteiger partial charge in [-0.15, -0.1) is 0 Å². The zero-order valence-electron chi connectivity index (χ0n) is 19.2. The molecule has 2 aromatic carbocycles. The Morgan fingerprint density at radius 2 is 1.69 bits per heavy atom. The molecule has 0 saturated carbocycles. The van der Waals surface area contributed by atoms with E-state index in [0.29, 0.717) is 11.4 Å². The van der Waals surface area contributed by atoms with Crippen molar-refractivity contribution in [2.24, 2.45) is 0 Å². The first kappa shape index (κ1) is 24.7. The average molecular weight is 442 g/mol. The zero-order valence-corrected chi connectivity index (χ0v) is 19.2. The fourth-order valence-electron chi connectivity index (χ4n) is 2.79. The Morgan fingerprint density at radius 1 is 0.938 bits per heavy atom. The van der Waals surface area contributed by atoms with Gasteiger partial charge in [0.25, 0.3) is 5.91 Å². The van der Waals surface area contributed by atoms with Gasteiger partial charge in [-0.25, -0.2) is 4.79 Å². The zero-order chi connectivity index (χ0) is 23.7. The lowest BCUT2D eigenvalue weighted by Gasteiger charge is -2.19. The van der Waals surface area contributed by atoms with Crippen LogP contribution in [0.4, 0.5) is 10.5 Å². The van der Waals surface area contributed by atoms with Crippen molar-refractivity contribution in [1.29, 1.82) is 0 Å². The van der Waals surface area contributed by atoms with Crippen LogP contribution in [-0.4, -0.2) is 36.7 Å². The Bertz CT molecular complexity index is 966. The molecule has 8 nitrogen and oxygen atoms in total. The summed E-state index contributed by atoms with van der Waals surface area (Å²) in [5.41, 5.74) is 2.83. The number of hydrogen-bond donors (Lipinski definition) is 3. The molecule has 0 unspecified atom stereocenters. The van der Waals surface area contributed by atoms with Crippen LogP contribution >= 0.6 is 0 Å². The summed E-state index contributed by atoms with van der Waals surface area (Å²) in [6.07, 6.45) is -0.660. The molecule has 0 heterocycles. The van der Waals surface area contributed by atoms with Crippen LogP contribution < -0.4 is 20.7 Å². The number of carbonyl (C=O) groups excluding carboxylic acids is 3. The van der Waals surface area contributed by atoms with E-state index in [4.69, 9.17) is 9.47 Å². The number of amides is 3. The van der Waals surface area contributed by atoms with Crippen LogP contribution in [0.1, 0.15) is 37.5 Å². The van der Waals surface area contributed by atoms with E-state index in [1.807, 2.05) is 38.1 Å². The van der Waals surface area contributed by atoms with Crippen molar-refractivity contribution < 1.29 is 23.9 Å². The molecule has 0 aromatic heterocycles. The smallest absolute Gasteiger partial charge is 0.408 e. The third-order valence-electron chi connectivity index (χ3n) is 4.18. The molecule has 0 radical (unpaired) electrons. The van der Waals surface area contributed by atoms with Crippen LogP contribution in [0, 0.1) is 13.8 Å². The van der Waals surface area contributed by atoms with Crippen molar-refractivity contribution in [1.82, 2.24) is 10.6 Å². The number of rotatable bonds is 8. The summed E-state index contributed by atoms with van der Waals surface area (Å²) in [5, 5.41) is 7.90. The number of ether oxygens (including phenoxy) is 2. The normalized spacial score (nSPS) is 10.8. The van der Waals surface area contributed by atoms with Gasteiger partial charge in [0, 0.05) is 12.2 Å². The van der Waals surface area contributed by atoms with Crippen molar-refractivity contribution in [3.05, 3.63) is 59.2 Å². The average Bonchev–Trinajstić information content (AvgIpc) is 2.69. The largest absolute Gasteiger partial charge is 0.484 e. The Morgan fingerprint density at radius 3 is 2.38 bits per heavy atom. The molecule has 8 heteroatoms. The molecule has 0 aliphatic rings. The maximum absolute atomic E-state index is 12.1. The van der Waals surface area contributed by atoms with E-state index in [1.165, 1.54) is 0 Å². The van der Waals surface area contributed by atoms with Gasteiger partial charge in [-0.05, 0) is 63.9 Å². The van der Waals surface area contributed by atoms with E-state index in [0.717, 1.165) is 16.7 Å². The van der Waals surface area contributed by atoms with Gasteiger partial charge in [-0.3, -0.25) is 9.59 Å². The highest BCUT2D eigenvalue weighted by molar-refractivity contribution is 5.93. The van der Waals surface area contributed by atoms with Crippen molar-refractivity contribution in [3.63, 3.8) is 0 Å². The highest BCUT2D eigenvalue weighted by atomic mass is 16.6. The molecule has 0 fully saturated rings. The molecular weight excluding hydrogens is 410 g/mol. The van der Waals surface area contributed by atoms with Crippen LogP contribution in [0.2, 0.25) is 0 Å². The molecule has 0 bridgehead atoms. The van der Waals surface area contributed by atoms with Crippen LogP contribution in [0.5, 0.6) is 5.75 Å². The van der Waals surface area contributed by atoms with Gasteiger partial charge in [0.2, 0.25) is 5.91 Å². The Labute approximate surface area is 188 Å². The Kier molecular flexibility index (Phi) is 8.63. The first-order valence-corrected chi connectivity index (χ1v) is 10.3. The number of nitrogens with one attached hydrogen (secondary N) is 3. The second kappa shape index (κ2) is 11.2. The predicted molar refractivity (Wildman–Crippen MR) is 123 cm³/mol. The second-order valence-corrected chi connectivity index (χ2v) is 8.44. The maximum Gasteiger partial charge on any atom is 0.408 e. The molecule has 0 aliphatic carbocycles. The first-order valence-electron chi connectivity index (χ1n) is 10.3. The minimum absolute atomic E-state index is 0.0866. The van der Waals surface area contributed by atoms with Crippen LogP contribution in [0.3, 0.4) is 0 Å². The van der Waals surface area contributed by atoms with Gasteiger partial charge < -0.3 is 25.4 Å². The third kappa shape index (κ3) is 9.07. The van der Waals surface area contributed by atoms with E-state index in [-0.39, 0.29) is 31.5 Å². The van der Waals surface area contributed by atoms with Crippen molar-refractivity contribution >= 4 is 23.6 Å². The van der Waals surface area contributed by atoms with Crippen LogP contribution in [-0.2, 0) is 20.9 Å². The van der Waals surface area contributed by atoms with E-state index < -0.39 is 11.7 Å². The minimum atomic E-state index is -0.660. The number of carbonyl (C=O) groups is 3. The summed E-state index contributed by atoms with van der Waals surface area (Å²) in [6, 6.07) is 12.8. The van der Waals surface area contributed by atoms with Crippen LogP contribution in [0.25, 0.3) is 0 Å². The number of alkyl carbamates (subject to hydrolysis) is 1. The Balaban J connectivity index is 1.77. The molecular formula is C24H31N3O5. The first-order chi connectivity index (χ1) is 15.0. The van der Waals surface area contributed by atoms with Gasteiger partial charge in [0.1, 0.15) is 17.9 Å². The van der Waals surface area contributed by atoms with Gasteiger partial charge in [-0.2, -0.15) is 0 Å². The highest BCUT2D eigenvalue weighted by Gasteiger charge is 2.16. The quantitative estimate of drug-likeness (QED) is 0.582. The van der Waals surface area contributed by atoms with Crippen molar-refractivity contribution in [3.8, 4) is 5.75 Å².